The summed E-state index contributed by atoms with van der Waals surface area (Å²) in [5.74, 6) is -0.857. The summed E-state index contributed by atoms with van der Waals surface area (Å²) in [5, 5.41) is 4.86. The maximum Gasteiger partial charge on any atom is 0.416 e. The molecule has 0 saturated carbocycles. The Hall–Kier alpha value is -4.02. The third kappa shape index (κ3) is 7.34. The van der Waals surface area contributed by atoms with Crippen LogP contribution in [0.5, 0.6) is 0 Å². The molecule has 0 radical (unpaired) electrons. The van der Waals surface area contributed by atoms with Gasteiger partial charge in [0.05, 0.1) is 27.5 Å². The molecule has 2 heterocycles. The molecule has 0 saturated heterocycles. The molecular formula is C28H23Cl2F3N4O3. The number of benzene rings is 2. The number of hydrogen-bond acceptors (Lipinski definition) is 4. The Morgan fingerprint density at radius 1 is 1.07 bits per heavy atom. The molecule has 0 aliphatic rings. The van der Waals surface area contributed by atoms with E-state index in [2.05, 4.69) is 15.6 Å². The molecule has 2 aromatic heterocycles. The molecule has 0 bridgehead atoms. The number of imidazole rings is 1. The number of amides is 2. The summed E-state index contributed by atoms with van der Waals surface area (Å²) in [6.45, 7) is 2.83. The van der Waals surface area contributed by atoms with E-state index < -0.39 is 23.6 Å². The van der Waals surface area contributed by atoms with Crippen LogP contribution in [0, 0.1) is 6.92 Å². The molecule has 40 heavy (non-hydrogen) atoms. The zero-order valence-electron chi connectivity index (χ0n) is 21.1. The standard InChI is InChI=1S/C28H23Cl2F3N4O3/c1-17-3-5-18(6-4-17)26(38)36-23(27(39)35-9-2-11-37-12-10-34-16-37)15-20-7-8-24(40-20)25-21(29)13-19(14-22(25)30)28(31,32)33/h3-8,10,12-16H,2,9,11H2,1H3,(H,35,39)(H,36,38). The third-order valence-electron chi connectivity index (χ3n) is 5.77. The van der Waals surface area contributed by atoms with Crippen LogP contribution in [0.25, 0.3) is 17.4 Å². The van der Waals surface area contributed by atoms with Gasteiger partial charge >= 0.3 is 6.18 Å². The molecule has 0 atom stereocenters. The molecule has 0 unspecified atom stereocenters. The lowest BCUT2D eigenvalue weighted by atomic mass is 10.1. The van der Waals surface area contributed by atoms with Crippen LogP contribution in [0.1, 0.15) is 33.7 Å². The van der Waals surface area contributed by atoms with Crippen molar-refractivity contribution in [2.45, 2.75) is 26.1 Å². The second-order valence-corrected chi connectivity index (χ2v) is 9.62. The van der Waals surface area contributed by atoms with Gasteiger partial charge in [0.1, 0.15) is 17.2 Å². The Bertz CT molecular complexity index is 1510. The van der Waals surface area contributed by atoms with E-state index in [0.717, 1.165) is 17.7 Å². The van der Waals surface area contributed by atoms with Crippen LogP contribution in [-0.2, 0) is 17.5 Å². The number of rotatable bonds is 9. The summed E-state index contributed by atoms with van der Waals surface area (Å²) in [6, 6.07) is 11.2. The monoisotopic (exact) mass is 590 g/mol. The minimum atomic E-state index is -4.63. The molecule has 12 heteroatoms. The van der Waals surface area contributed by atoms with E-state index in [0.29, 0.717) is 25.1 Å². The molecule has 208 valence electrons. The molecule has 0 aliphatic carbocycles. The maximum atomic E-state index is 13.1. The quantitative estimate of drug-likeness (QED) is 0.166. The molecular weight excluding hydrogens is 568 g/mol. The van der Waals surface area contributed by atoms with Crippen molar-refractivity contribution in [2.24, 2.45) is 0 Å². The van der Waals surface area contributed by atoms with Gasteiger partial charge in [0.2, 0.25) is 0 Å². The number of nitrogens with one attached hydrogen (secondary N) is 2. The zero-order chi connectivity index (χ0) is 28.9. The highest BCUT2D eigenvalue weighted by atomic mass is 35.5. The van der Waals surface area contributed by atoms with E-state index in [9.17, 15) is 22.8 Å². The van der Waals surface area contributed by atoms with Gasteiger partial charge in [-0.1, -0.05) is 40.9 Å². The largest absolute Gasteiger partial charge is 0.457 e. The van der Waals surface area contributed by atoms with Gasteiger partial charge < -0.3 is 19.6 Å². The topological polar surface area (TPSA) is 89.2 Å². The lowest BCUT2D eigenvalue weighted by Crippen LogP contribution is -2.35. The van der Waals surface area contributed by atoms with Gasteiger partial charge in [-0.2, -0.15) is 13.2 Å². The highest BCUT2D eigenvalue weighted by Crippen LogP contribution is 2.41. The average molecular weight is 591 g/mol. The van der Waals surface area contributed by atoms with Crippen molar-refractivity contribution in [3.8, 4) is 11.3 Å². The van der Waals surface area contributed by atoms with Crippen molar-refractivity contribution >= 4 is 41.1 Å². The van der Waals surface area contributed by atoms with E-state index in [1.165, 1.54) is 18.2 Å². The molecule has 4 rings (SSSR count). The van der Waals surface area contributed by atoms with Crippen LogP contribution in [0.15, 0.2) is 77.4 Å². The van der Waals surface area contributed by atoms with Crippen LogP contribution < -0.4 is 10.6 Å². The summed E-state index contributed by atoms with van der Waals surface area (Å²) in [6.07, 6.45) is 2.42. The van der Waals surface area contributed by atoms with Crippen molar-refractivity contribution in [3.63, 3.8) is 0 Å². The minimum Gasteiger partial charge on any atom is -0.457 e. The van der Waals surface area contributed by atoms with Gasteiger partial charge in [0.15, 0.2) is 0 Å². The Labute approximate surface area is 237 Å². The van der Waals surface area contributed by atoms with E-state index in [1.54, 1.807) is 43.0 Å². The Kier molecular flexibility index (Phi) is 9.01. The number of aryl methyl sites for hydroxylation is 2. The molecule has 2 aromatic carbocycles. The number of aromatic nitrogens is 2. The van der Waals surface area contributed by atoms with Gasteiger partial charge in [0, 0.05) is 37.1 Å². The lowest BCUT2D eigenvalue weighted by molar-refractivity contribution is -0.137. The zero-order valence-corrected chi connectivity index (χ0v) is 22.6. The molecule has 2 amide bonds. The third-order valence-corrected chi connectivity index (χ3v) is 6.37. The number of carbonyl (C=O) groups is 2. The normalized spacial score (nSPS) is 11.9. The molecule has 7 nitrogen and oxygen atoms in total. The predicted molar refractivity (Wildman–Crippen MR) is 146 cm³/mol. The Morgan fingerprint density at radius 3 is 2.40 bits per heavy atom. The molecule has 0 fully saturated rings. The van der Waals surface area contributed by atoms with Gasteiger partial charge in [-0.25, -0.2) is 4.98 Å². The number of carbonyl (C=O) groups excluding carboxylic acids is 2. The van der Waals surface area contributed by atoms with Crippen LogP contribution in [0.2, 0.25) is 10.0 Å². The molecule has 4 aromatic rings. The van der Waals surface area contributed by atoms with Crippen LogP contribution in [0.4, 0.5) is 13.2 Å². The SMILES string of the molecule is Cc1ccc(C(=O)NC(=Cc2ccc(-c3c(Cl)cc(C(F)(F)F)cc3Cl)o2)C(=O)NCCCn2ccnc2)cc1. The molecule has 0 aliphatic heterocycles. The van der Waals surface area contributed by atoms with Gasteiger partial charge in [-0.15, -0.1) is 0 Å². The van der Waals surface area contributed by atoms with E-state index in [1.807, 2.05) is 11.5 Å². The number of hydrogen-bond donors (Lipinski definition) is 2. The van der Waals surface area contributed by atoms with Crippen molar-refractivity contribution in [1.82, 2.24) is 20.2 Å². The summed E-state index contributed by atoms with van der Waals surface area (Å²) in [5.41, 5.74) is 0.271. The fraction of sp³-hybridized carbons (Fsp3) is 0.179. The minimum absolute atomic E-state index is 0.0603. The van der Waals surface area contributed by atoms with Crippen molar-refractivity contribution < 1.29 is 27.2 Å². The fourth-order valence-corrected chi connectivity index (χ4v) is 4.39. The average Bonchev–Trinajstić information content (AvgIpc) is 3.58. The Balaban J connectivity index is 1.57. The molecule has 2 N–H and O–H groups in total. The first-order valence-corrected chi connectivity index (χ1v) is 12.8. The number of alkyl halides is 3. The van der Waals surface area contributed by atoms with E-state index in [-0.39, 0.29) is 32.8 Å². The predicted octanol–water partition coefficient (Wildman–Crippen LogP) is 6.75. The maximum absolute atomic E-state index is 13.1. The van der Waals surface area contributed by atoms with Crippen molar-refractivity contribution in [3.05, 3.63) is 105 Å². The number of nitrogens with zero attached hydrogens (tertiary/aromatic N) is 2. The van der Waals surface area contributed by atoms with Crippen LogP contribution in [-0.4, -0.2) is 27.9 Å². The van der Waals surface area contributed by atoms with Crippen molar-refractivity contribution in [2.75, 3.05) is 6.54 Å². The van der Waals surface area contributed by atoms with E-state index in [4.69, 9.17) is 27.6 Å². The first-order valence-electron chi connectivity index (χ1n) is 12.0. The van der Waals surface area contributed by atoms with Crippen LogP contribution in [0.3, 0.4) is 0 Å². The second kappa shape index (κ2) is 12.4. The highest BCUT2D eigenvalue weighted by Gasteiger charge is 2.32. The van der Waals surface area contributed by atoms with Gasteiger partial charge in [-0.3, -0.25) is 9.59 Å². The van der Waals surface area contributed by atoms with E-state index >= 15 is 0 Å². The van der Waals surface area contributed by atoms with Crippen molar-refractivity contribution in [1.29, 1.82) is 0 Å². The second-order valence-electron chi connectivity index (χ2n) is 8.80. The number of furan rings is 1. The summed E-state index contributed by atoms with van der Waals surface area (Å²) >= 11 is 12.2. The smallest absolute Gasteiger partial charge is 0.416 e. The summed E-state index contributed by atoms with van der Waals surface area (Å²) in [7, 11) is 0. The van der Waals surface area contributed by atoms with Crippen LogP contribution >= 0.6 is 23.2 Å². The first-order chi connectivity index (χ1) is 19.0. The lowest BCUT2D eigenvalue weighted by Gasteiger charge is -2.12. The first kappa shape index (κ1) is 29.0. The summed E-state index contributed by atoms with van der Waals surface area (Å²) < 4.78 is 46.9. The van der Waals surface area contributed by atoms with Gasteiger partial charge in [-0.05, 0) is 49.7 Å². The highest BCUT2D eigenvalue weighted by molar-refractivity contribution is 6.39. The van der Waals surface area contributed by atoms with Gasteiger partial charge in [0.25, 0.3) is 11.8 Å². The number of halogens is 5. The molecule has 0 spiro atoms. The fourth-order valence-electron chi connectivity index (χ4n) is 3.71. The Morgan fingerprint density at radius 2 is 1.77 bits per heavy atom. The summed E-state index contributed by atoms with van der Waals surface area (Å²) in [4.78, 5) is 29.9.